The van der Waals surface area contributed by atoms with Crippen molar-refractivity contribution < 1.29 is 39.1 Å². The van der Waals surface area contributed by atoms with Gasteiger partial charge in [-0.05, 0) is 0 Å². The molecular weight excluding hydrogens is 248 g/mol. The highest BCUT2D eigenvalue weighted by molar-refractivity contribution is 5.80. The number of esters is 1. The molecule has 0 amide bonds. The Morgan fingerprint density at radius 3 is 2.11 bits per heavy atom. The number of carboxylic acids is 1. The second kappa shape index (κ2) is 10.9. The molecule has 0 heterocycles. The number of carboxylic acid groups (broad SMARTS) is 1. The fourth-order valence-corrected chi connectivity index (χ4v) is 0.905. The average molecular weight is 266 g/mol. The van der Waals surface area contributed by atoms with Crippen molar-refractivity contribution in [2.45, 2.75) is 12.5 Å². The van der Waals surface area contributed by atoms with Crippen molar-refractivity contribution in [3.63, 3.8) is 0 Å². The van der Waals surface area contributed by atoms with Crippen molar-refractivity contribution in [1.82, 2.24) is 0 Å². The molecule has 1 unspecified atom stereocenters. The molecule has 0 radical (unpaired) electrons. The standard InChI is InChI=1S/C10H18O8/c11-1-2-16-3-4-17-5-6-18-9(13)7-8(12)10(14)15/h8,11-12H,1-7H2,(H,14,15). The van der Waals surface area contributed by atoms with Crippen molar-refractivity contribution in [3.05, 3.63) is 0 Å². The van der Waals surface area contributed by atoms with Gasteiger partial charge in [0.25, 0.3) is 0 Å². The van der Waals surface area contributed by atoms with Crippen molar-refractivity contribution in [1.29, 1.82) is 0 Å². The Bertz CT molecular complexity index is 242. The number of aliphatic hydroxyl groups is 2. The normalized spacial score (nSPS) is 12.1. The summed E-state index contributed by atoms with van der Waals surface area (Å²) in [5, 5.41) is 25.6. The van der Waals surface area contributed by atoms with Gasteiger partial charge in [0.15, 0.2) is 6.10 Å². The van der Waals surface area contributed by atoms with Crippen LogP contribution in [0.15, 0.2) is 0 Å². The number of carbonyl (C=O) groups is 2. The second-order valence-corrected chi connectivity index (χ2v) is 3.23. The first-order valence-corrected chi connectivity index (χ1v) is 5.40. The van der Waals surface area contributed by atoms with E-state index in [0.717, 1.165) is 0 Å². The van der Waals surface area contributed by atoms with E-state index in [1.165, 1.54) is 0 Å². The topological polar surface area (TPSA) is 123 Å². The maximum absolute atomic E-state index is 11.0. The summed E-state index contributed by atoms with van der Waals surface area (Å²) in [5.74, 6) is -2.27. The molecule has 0 aromatic heterocycles. The lowest BCUT2D eigenvalue weighted by Gasteiger charge is -2.07. The third kappa shape index (κ3) is 9.97. The summed E-state index contributed by atoms with van der Waals surface area (Å²) in [6, 6.07) is 0. The van der Waals surface area contributed by atoms with Gasteiger partial charge in [-0.2, -0.15) is 0 Å². The second-order valence-electron chi connectivity index (χ2n) is 3.23. The van der Waals surface area contributed by atoms with Crippen molar-refractivity contribution >= 4 is 11.9 Å². The Labute approximate surface area is 104 Å². The van der Waals surface area contributed by atoms with Gasteiger partial charge in [-0.15, -0.1) is 0 Å². The summed E-state index contributed by atoms with van der Waals surface area (Å²) in [5.41, 5.74) is 0. The first kappa shape index (κ1) is 16.8. The van der Waals surface area contributed by atoms with E-state index in [9.17, 15) is 9.59 Å². The van der Waals surface area contributed by atoms with Crippen LogP contribution in [0.2, 0.25) is 0 Å². The molecule has 3 N–H and O–H groups in total. The van der Waals surface area contributed by atoms with Crippen molar-refractivity contribution in [2.24, 2.45) is 0 Å². The van der Waals surface area contributed by atoms with Gasteiger partial charge in [0.1, 0.15) is 6.61 Å². The predicted octanol–water partition coefficient (Wildman–Crippen LogP) is -1.61. The number of rotatable bonds is 11. The Morgan fingerprint density at radius 2 is 1.56 bits per heavy atom. The lowest BCUT2D eigenvalue weighted by atomic mass is 10.2. The first-order valence-electron chi connectivity index (χ1n) is 5.40. The SMILES string of the molecule is O=C(CC(O)C(=O)O)OCCOCCOCCO. The maximum Gasteiger partial charge on any atom is 0.333 e. The highest BCUT2D eigenvalue weighted by Gasteiger charge is 2.18. The zero-order chi connectivity index (χ0) is 13.8. The van der Waals surface area contributed by atoms with Crippen molar-refractivity contribution in [2.75, 3.05) is 39.6 Å². The molecule has 8 nitrogen and oxygen atoms in total. The van der Waals surface area contributed by atoms with E-state index >= 15 is 0 Å². The molecule has 0 spiro atoms. The lowest BCUT2D eigenvalue weighted by Crippen LogP contribution is -2.25. The van der Waals surface area contributed by atoms with E-state index in [1.54, 1.807) is 0 Å². The molecule has 106 valence electrons. The van der Waals surface area contributed by atoms with Crippen LogP contribution in [-0.2, 0) is 23.8 Å². The predicted molar refractivity (Wildman–Crippen MR) is 57.9 cm³/mol. The molecule has 0 aromatic rings. The minimum Gasteiger partial charge on any atom is -0.479 e. The van der Waals surface area contributed by atoms with E-state index in [2.05, 4.69) is 4.74 Å². The van der Waals surface area contributed by atoms with Crippen LogP contribution in [0.5, 0.6) is 0 Å². The van der Waals surface area contributed by atoms with Gasteiger partial charge in [-0.1, -0.05) is 0 Å². The minimum absolute atomic E-state index is 0.0226. The summed E-state index contributed by atoms with van der Waals surface area (Å²) in [6.45, 7) is 0.943. The maximum atomic E-state index is 11.0. The number of aliphatic hydroxyl groups excluding tert-OH is 2. The van der Waals surface area contributed by atoms with Gasteiger partial charge in [-0.3, -0.25) is 4.79 Å². The molecule has 0 rings (SSSR count). The lowest BCUT2D eigenvalue weighted by molar-refractivity contribution is -0.156. The Hall–Kier alpha value is -1.22. The molecule has 0 aliphatic rings. The number of hydrogen-bond acceptors (Lipinski definition) is 7. The fraction of sp³-hybridized carbons (Fsp3) is 0.800. The summed E-state index contributed by atoms with van der Waals surface area (Å²) in [4.78, 5) is 21.2. The van der Waals surface area contributed by atoms with Crippen LogP contribution in [0.4, 0.5) is 0 Å². The van der Waals surface area contributed by atoms with Crippen LogP contribution in [0.1, 0.15) is 6.42 Å². The number of carbonyl (C=O) groups excluding carboxylic acids is 1. The molecule has 18 heavy (non-hydrogen) atoms. The van der Waals surface area contributed by atoms with Crippen LogP contribution in [0, 0.1) is 0 Å². The van der Waals surface area contributed by atoms with Gasteiger partial charge in [-0.25, -0.2) is 4.79 Å². The number of hydrogen-bond donors (Lipinski definition) is 3. The Morgan fingerprint density at radius 1 is 1.00 bits per heavy atom. The molecule has 0 saturated heterocycles. The third-order valence-corrected chi connectivity index (χ3v) is 1.74. The highest BCUT2D eigenvalue weighted by atomic mass is 16.6. The third-order valence-electron chi connectivity index (χ3n) is 1.74. The Kier molecular flexibility index (Phi) is 10.2. The summed E-state index contributed by atoms with van der Waals surface area (Å²) < 4.78 is 14.6. The molecule has 0 aromatic carbocycles. The molecule has 0 bridgehead atoms. The minimum atomic E-state index is -1.75. The van der Waals surface area contributed by atoms with Crippen LogP contribution in [0.25, 0.3) is 0 Å². The smallest absolute Gasteiger partial charge is 0.333 e. The van der Waals surface area contributed by atoms with E-state index in [4.69, 9.17) is 24.8 Å². The van der Waals surface area contributed by atoms with Crippen LogP contribution < -0.4 is 0 Å². The van der Waals surface area contributed by atoms with Crippen LogP contribution >= 0.6 is 0 Å². The summed E-state index contributed by atoms with van der Waals surface area (Å²) in [6.07, 6.45) is -2.33. The summed E-state index contributed by atoms with van der Waals surface area (Å²) in [7, 11) is 0. The van der Waals surface area contributed by atoms with Gasteiger partial charge in [0, 0.05) is 0 Å². The van der Waals surface area contributed by atoms with E-state index in [1.807, 2.05) is 0 Å². The van der Waals surface area contributed by atoms with E-state index < -0.39 is 24.5 Å². The quantitative estimate of drug-likeness (QED) is 0.301. The van der Waals surface area contributed by atoms with Crippen LogP contribution in [-0.4, -0.2) is 73.0 Å². The molecule has 0 saturated carbocycles. The molecular formula is C10H18O8. The largest absolute Gasteiger partial charge is 0.479 e. The van der Waals surface area contributed by atoms with E-state index in [0.29, 0.717) is 13.2 Å². The van der Waals surface area contributed by atoms with Gasteiger partial charge >= 0.3 is 11.9 Å². The fourth-order valence-electron chi connectivity index (χ4n) is 0.905. The Balaban J connectivity index is 3.33. The molecule has 8 heteroatoms. The van der Waals surface area contributed by atoms with E-state index in [-0.39, 0.29) is 26.4 Å². The monoisotopic (exact) mass is 266 g/mol. The van der Waals surface area contributed by atoms with Gasteiger partial charge in [0.2, 0.25) is 0 Å². The molecule has 0 aliphatic carbocycles. The number of aliphatic carboxylic acids is 1. The zero-order valence-electron chi connectivity index (χ0n) is 9.91. The first-order chi connectivity index (χ1) is 8.57. The highest BCUT2D eigenvalue weighted by Crippen LogP contribution is 1.95. The molecule has 0 aliphatic heterocycles. The summed E-state index contributed by atoms with van der Waals surface area (Å²) >= 11 is 0. The number of ether oxygens (including phenoxy) is 3. The average Bonchev–Trinajstić information content (AvgIpc) is 2.32. The van der Waals surface area contributed by atoms with Crippen LogP contribution in [0.3, 0.4) is 0 Å². The molecule has 0 fully saturated rings. The van der Waals surface area contributed by atoms with Gasteiger partial charge < -0.3 is 29.5 Å². The molecule has 1 atom stereocenters. The zero-order valence-corrected chi connectivity index (χ0v) is 9.91. The van der Waals surface area contributed by atoms with Gasteiger partial charge in [0.05, 0.1) is 39.5 Å². The van der Waals surface area contributed by atoms with Crippen molar-refractivity contribution in [3.8, 4) is 0 Å².